The normalized spacial score (nSPS) is 12.7. The first-order chi connectivity index (χ1) is 17.7. The van der Waals surface area contributed by atoms with Crippen LogP contribution in [0.1, 0.15) is 30.7 Å². The van der Waals surface area contributed by atoms with Gasteiger partial charge in [0.25, 0.3) is 10.0 Å². The van der Waals surface area contributed by atoms with Crippen molar-refractivity contribution in [1.82, 2.24) is 24.1 Å². The maximum absolute atomic E-state index is 13.5. The summed E-state index contributed by atoms with van der Waals surface area (Å²) in [5.41, 5.74) is 4.15. The lowest BCUT2D eigenvalue weighted by molar-refractivity contribution is 0.181. The minimum atomic E-state index is -3.86. The summed E-state index contributed by atoms with van der Waals surface area (Å²) in [5.74, 6) is 0.588. The zero-order chi connectivity index (χ0) is 26.7. The molecule has 37 heavy (non-hydrogen) atoms. The minimum absolute atomic E-state index is 0.106. The maximum Gasteiger partial charge on any atom is 0.269 e. The van der Waals surface area contributed by atoms with E-state index in [2.05, 4.69) is 22.0 Å². The van der Waals surface area contributed by atoms with Gasteiger partial charge in [0.15, 0.2) is 5.65 Å². The van der Waals surface area contributed by atoms with E-state index in [0.717, 1.165) is 23.2 Å². The molecule has 4 rings (SSSR count). The first kappa shape index (κ1) is 26.6. The second kappa shape index (κ2) is 10.9. The van der Waals surface area contributed by atoms with Crippen LogP contribution in [0.15, 0.2) is 54.2 Å². The highest BCUT2D eigenvalue weighted by Gasteiger charge is 2.25. The molecule has 0 saturated heterocycles. The summed E-state index contributed by atoms with van der Waals surface area (Å²) in [5, 5.41) is 8.56. The van der Waals surface area contributed by atoms with Gasteiger partial charge in [0.2, 0.25) is 5.88 Å². The molecule has 3 aromatic heterocycles. The molecule has 0 aliphatic carbocycles. The highest BCUT2D eigenvalue weighted by molar-refractivity contribution is 7.90. The first-order valence-electron chi connectivity index (χ1n) is 12.1. The predicted molar refractivity (Wildman–Crippen MR) is 145 cm³/mol. The van der Waals surface area contributed by atoms with E-state index in [9.17, 15) is 8.42 Å². The number of aromatic nitrogens is 4. The summed E-state index contributed by atoms with van der Waals surface area (Å²) < 4.78 is 41.6. The second-order valence-electron chi connectivity index (χ2n) is 8.92. The molecule has 0 spiro atoms. The zero-order valence-electron chi connectivity index (χ0n) is 21.9. The van der Waals surface area contributed by atoms with E-state index in [1.807, 2.05) is 33.9 Å². The van der Waals surface area contributed by atoms with Crippen LogP contribution in [0, 0.1) is 6.92 Å². The van der Waals surface area contributed by atoms with Gasteiger partial charge in [-0.25, -0.2) is 22.1 Å². The Hall–Kier alpha value is -3.47. The van der Waals surface area contributed by atoms with Gasteiger partial charge in [-0.15, -0.1) is 0 Å². The molecule has 0 aliphatic rings. The number of fused-ring (bicyclic) bond motifs is 1. The number of rotatable bonds is 11. The Morgan fingerprint density at radius 1 is 1.24 bits per heavy atom. The summed E-state index contributed by atoms with van der Waals surface area (Å²) in [6, 6.07) is 8.65. The van der Waals surface area contributed by atoms with Gasteiger partial charge < -0.3 is 14.8 Å². The van der Waals surface area contributed by atoms with Crippen molar-refractivity contribution in [3.8, 4) is 17.0 Å². The van der Waals surface area contributed by atoms with Crippen LogP contribution in [-0.4, -0.2) is 53.5 Å². The van der Waals surface area contributed by atoms with Gasteiger partial charge in [0.1, 0.15) is 6.10 Å². The van der Waals surface area contributed by atoms with Gasteiger partial charge in [-0.05, 0) is 38.6 Å². The summed E-state index contributed by atoms with van der Waals surface area (Å²) in [6.07, 6.45) is 4.72. The van der Waals surface area contributed by atoms with Crippen LogP contribution in [0.5, 0.6) is 5.88 Å². The SMILES string of the molecule is C=Cc1cn(S(=O)(=O)c2ccc(C)cc2)c2ncc(-c3c(COC)nn(C)c3O[C@@H](C)CNCC)cc12. The second-order valence-corrected chi connectivity index (χ2v) is 10.7. The van der Waals surface area contributed by atoms with Crippen molar-refractivity contribution < 1.29 is 17.9 Å². The number of ether oxygens (including phenoxy) is 2. The summed E-state index contributed by atoms with van der Waals surface area (Å²) in [6.45, 7) is 11.6. The van der Waals surface area contributed by atoms with Crippen molar-refractivity contribution in [2.24, 2.45) is 7.05 Å². The smallest absolute Gasteiger partial charge is 0.269 e. The topological polar surface area (TPSA) is 100 Å². The lowest BCUT2D eigenvalue weighted by atomic mass is 10.1. The van der Waals surface area contributed by atoms with Crippen LogP contribution < -0.4 is 10.1 Å². The monoisotopic (exact) mass is 523 g/mol. The molecule has 0 bridgehead atoms. The number of benzene rings is 1. The van der Waals surface area contributed by atoms with Gasteiger partial charge in [-0.3, -0.25) is 0 Å². The van der Waals surface area contributed by atoms with E-state index >= 15 is 0 Å². The predicted octanol–water partition coefficient (Wildman–Crippen LogP) is 4.15. The Morgan fingerprint density at radius 2 is 1.97 bits per heavy atom. The van der Waals surface area contributed by atoms with E-state index in [4.69, 9.17) is 9.47 Å². The Bertz CT molecular complexity index is 1520. The van der Waals surface area contributed by atoms with E-state index in [1.54, 1.807) is 54.5 Å². The van der Waals surface area contributed by atoms with Crippen LogP contribution in [0.4, 0.5) is 0 Å². The van der Waals surface area contributed by atoms with Crippen molar-refractivity contribution >= 4 is 27.1 Å². The Kier molecular flexibility index (Phi) is 7.82. The summed E-state index contributed by atoms with van der Waals surface area (Å²) in [4.78, 5) is 4.80. The molecule has 1 aromatic carbocycles. The molecule has 0 amide bonds. The fourth-order valence-electron chi connectivity index (χ4n) is 4.21. The molecule has 9 nitrogen and oxygen atoms in total. The third-order valence-electron chi connectivity index (χ3n) is 6.07. The third kappa shape index (κ3) is 5.18. The Balaban J connectivity index is 1.85. The maximum atomic E-state index is 13.5. The number of nitrogens with one attached hydrogen (secondary N) is 1. The largest absolute Gasteiger partial charge is 0.473 e. The highest BCUT2D eigenvalue weighted by Crippen LogP contribution is 2.37. The fourth-order valence-corrected chi connectivity index (χ4v) is 5.55. The van der Waals surface area contributed by atoms with Gasteiger partial charge in [0.05, 0.1) is 22.8 Å². The first-order valence-corrected chi connectivity index (χ1v) is 13.5. The number of aryl methyl sites for hydroxylation is 2. The number of nitrogens with zero attached hydrogens (tertiary/aromatic N) is 4. The third-order valence-corrected chi connectivity index (χ3v) is 7.74. The summed E-state index contributed by atoms with van der Waals surface area (Å²) in [7, 11) is -0.422. The van der Waals surface area contributed by atoms with Crippen LogP contribution in [0.3, 0.4) is 0 Å². The van der Waals surface area contributed by atoms with Crippen LogP contribution in [0.25, 0.3) is 28.2 Å². The van der Waals surface area contributed by atoms with Crippen molar-refractivity contribution in [2.45, 2.75) is 38.4 Å². The molecule has 0 saturated carbocycles. The average Bonchev–Trinajstić information content (AvgIpc) is 3.40. The fraction of sp³-hybridized carbons (Fsp3) is 0.333. The number of pyridine rings is 1. The number of likely N-dealkylation sites (N-methyl/N-ethyl adjacent to an activating group) is 1. The molecule has 1 N–H and O–H groups in total. The van der Waals surface area contributed by atoms with Crippen molar-refractivity contribution in [2.75, 3.05) is 20.2 Å². The lowest BCUT2D eigenvalue weighted by Crippen LogP contribution is -2.29. The van der Waals surface area contributed by atoms with Crippen LogP contribution in [0.2, 0.25) is 0 Å². The zero-order valence-corrected chi connectivity index (χ0v) is 22.7. The van der Waals surface area contributed by atoms with Gasteiger partial charge in [-0.1, -0.05) is 37.3 Å². The minimum Gasteiger partial charge on any atom is -0.473 e. The molecule has 3 heterocycles. The van der Waals surface area contributed by atoms with Crippen LogP contribution >= 0.6 is 0 Å². The molecule has 1 atom stereocenters. The van der Waals surface area contributed by atoms with Crippen molar-refractivity contribution in [1.29, 1.82) is 0 Å². The molecule has 10 heteroatoms. The number of methoxy groups -OCH3 is 1. The van der Waals surface area contributed by atoms with E-state index in [-0.39, 0.29) is 17.6 Å². The molecule has 0 radical (unpaired) electrons. The van der Waals surface area contributed by atoms with Crippen LogP contribution in [-0.2, 0) is 28.4 Å². The number of hydrogen-bond donors (Lipinski definition) is 1. The summed E-state index contributed by atoms with van der Waals surface area (Å²) >= 11 is 0. The van der Waals surface area contributed by atoms with Crippen molar-refractivity contribution in [3.05, 3.63) is 66.1 Å². The average molecular weight is 524 g/mol. The van der Waals surface area contributed by atoms with Gasteiger partial charge in [-0.2, -0.15) is 5.10 Å². The molecule has 4 aromatic rings. The standard InChI is InChI=1S/C27H33N5O4S/c1-7-20-16-32(37(33,34)22-11-9-18(3)10-12-22)26-23(20)13-21(15-29-26)25-24(17-35-6)30-31(5)27(25)36-19(4)14-28-8-2/h7,9-13,15-16,19,28H,1,8,14,17H2,2-6H3/t19-/m0/s1. The molecule has 196 valence electrons. The van der Waals surface area contributed by atoms with E-state index in [0.29, 0.717) is 34.7 Å². The molecular weight excluding hydrogens is 490 g/mol. The van der Waals surface area contributed by atoms with Crippen molar-refractivity contribution in [3.63, 3.8) is 0 Å². The molecule has 0 unspecified atom stereocenters. The highest BCUT2D eigenvalue weighted by atomic mass is 32.2. The Morgan fingerprint density at radius 3 is 2.62 bits per heavy atom. The van der Waals surface area contributed by atoms with Gasteiger partial charge >= 0.3 is 0 Å². The lowest BCUT2D eigenvalue weighted by Gasteiger charge is -2.16. The Labute approximate surface area is 217 Å². The molecule has 0 fully saturated rings. The molecular formula is C27H33N5O4S. The number of hydrogen-bond acceptors (Lipinski definition) is 7. The van der Waals surface area contributed by atoms with E-state index in [1.165, 1.54) is 3.97 Å². The molecule has 0 aliphatic heterocycles. The quantitative estimate of drug-likeness (QED) is 0.315. The van der Waals surface area contributed by atoms with Gasteiger partial charge in [0, 0.05) is 49.6 Å². The van der Waals surface area contributed by atoms with E-state index < -0.39 is 10.0 Å².